The van der Waals surface area contributed by atoms with Crippen molar-refractivity contribution in [2.24, 2.45) is 5.92 Å². The number of rotatable bonds is 6. The molecular formula is C15H15F3N2O3. The first-order valence-electron chi connectivity index (χ1n) is 6.70. The van der Waals surface area contributed by atoms with Crippen molar-refractivity contribution < 1.29 is 27.9 Å². The molecule has 8 heteroatoms. The van der Waals surface area contributed by atoms with Crippen LogP contribution in [0.3, 0.4) is 0 Å². The highest BCUT2D eigenvalue weighted by molar-refractivity contribution is 5.85. The first-order valence-corrected chi connectivity index (χ1v) is 6.70. The molecule has 2 atom stereocenters. The van der Waals surface area contributed by atoms with E-state index in [2.05, 4.69) is 5.32 Å². The van der Waals surface area contributed by atoms with Crippen molar-refractivity contribution in [3.05, 3.63) is 35.4 Å². The number of hydrogen-bond donors (Lipinski definition) is 2. The number of carbonyl (C=O) groups is 2. The number of carboxylic acid groups (broad SMARTS) is 1. The van der Waals surface area contributed by atoms with Crippen molar-refractivity contribution in [1.82, 2.24) is 5.32 Å². The normalized spacial score (nSPS) is 13.7. The van der Waals surface area contributed by atoms with E-state index in [1.54, 1.807) is 0 Å². The number of halogens is 3. The van der Waals surface area contributed by atoms with Crippen LogP contribution in [-0.4, -0.2) is 23.0 Å². The van der Waals surface area contributed by atoms with Crippen LogP contribution in [0.4, 0.5) is 13.2 Å². The fraction of sp³-hybridized carbons (Fsp3) is 0.400. The quantitative estimate of drug-likeness (QED) is 0.839. The van der Waals surface area contributed by atoms with Crippen molar-refractivity contribution in [2.75, 3.05) is 0 Å². The van der Waals surface area contributed by atoms with Crippen molar-refractivity contribution in [3.8, 4) is 6.07 Å². The third kappa shape index (κ3) is 5.62. The summed E-state index contributed by atoms with van der Waals surface area (Å²) in [7, 11) is 0. The van der Waals surface area contributed by atoms with Gasteiger partial charge >= 0.3 is 12.1 Å². The van der Waals surface area contributed by atoms with Crippen molar-refractivity contribution >= 4 is 11.9 Å². The maximum atomic E-state index is 12.6. The van der Waals surface area contributed by atoms with Crippen LogP contribution in [0.1, 0.15) is 24.5 Å². The van der Waals surface area contributed by atoms with E-state index in [4.69, 9.17) is 10.4 Å². The van der Waals surface area contributed by atoms with Crippen LogP contribution in [-0.2, 0) is 22.2 Å². The Labute approximate surface area is 130 Å². The molecular weight excluding hydrogens is 313 g/mol. The lowest BCUT2D eigenvalue weighted by molar-refractivity contribution is -0.143. The van der Waals surface area contributed by atoms with Gasteiger partial charge in [0.2, 0.25) is 5.91 Å². The summed E-state index contributed by atoms with van der Waals surface area (Å²) in [5.41, 5.74) is -0.759. The molecule has 1 amide bonds. The third-order valence-corrected chi connectivity index (χ3v) is 3.18. The number of nitriles is 1. The Morgan fingerprint density at radius 3 is 2.57 bits per heavy atom. The minimum absolute atomic E-state index is 0.0686. The zero-order chi connectivity index (χ0) is 17.6. The topological polar surface area (TPSA) is 90.2 Å². The maximum Gasteiger partial charge on any atom is 0.416 e. The monoisotopic (exact) mass is 328 g/mol. The van der Waals surface area contributed by atoms with Crippen LogP contribution in [0, 0.1) is 17.2 Å². The SMILES string of the molecule is C[C@H](CC#N)[C@@H](NC(=O)Cc1cccc(C(F)(F)F)c1)C(=O)O. The fourth-order valence-electron chi connectivity index (χ4n) is 1.98. The molecule has 1 aromatic carbocycles. The minimum Gasteiger partial charge on any atom is -0.480 e. The third-order valence-electron chi connectivity index (χ3n) is 3.18. The first kappa shape index (κ1) is 18.5. The van der Waals surface area contributed by atoms with E-state index in [0.717, 1.165) is 12.1 Å². The average Bonchev–Trinajstić information content (AvgIpc) is 2.44. The molecule has 0 saturated carbocycles. The van der Waals surface area contributed by atoms with Gasteiger partial charge in [-0.05, 0) is 11.6 Å². The second-order valence-electron chi connectivity index (χ2n) is 5.10. The summed E-state index contributed by atoms with van der Waals surface area (Å²) in [6.45, 7) is 1.49. The highest BCUT2D eigenvalue weighted by Crippen LogP contribution is 2.29. The predicted molar refractivity (Wildman–Crippen MR) is 74.1 cm³/mol. The second kappa shape index (κ2) is 7.63. The highest BCUT2D eigenvalue weighted by Gasteiger charge is 2.31. The average molecular weight is 328 g/mol. The molecule has 124 valence electrons. The van der Waals surface area contributed by atoms with Gasteiger partial charge in [0.05, 0.1) is 18.1 Å². The van der Waals surface area contributed by atoms with E-state index < -0.39 is 35.6 Å². The molecule has 0 radical (unpaired) electrons. The van der Waals surface area contributed by atoms with E-state index >= 15 is 0 Å². The molecule has 0 aromatic heterocycles. The zero-order valence-corrected chi connectivity index (χ0v) is 12.2. The van der Waals surface area contributed by atoms with E-state index in [1.807, 2.05) is 6.07 Å². The van der Waals surface area contributed by atoms with E-state index in [-0.39, 0.29) is 18.4 Å². The van der Waals surface area contributed by atoms with Crippen LogP contribution in [0.15, 0.2) is 24.3 Å². The van der Waals surface area contributed by atoms with Gasteiger partial charge in [-0.2, -0.15) is 18.4 Å². The number of alkyl halides is 3. The number of hydrogen-bond acceptors (Lipinski definition) is 3. The number of carbonyl (C=O) groups excluding carboxylic acids is 1. The number of amides is 1. The minimum atomic E-state index is -4.52. The van der Waals surface area contributed by atoms with Gasteiger partial charge < -0.3 is 10.4 Å². The van der Waals surface area contributed by atoms with Crippen LogP contribution in [0.25, 0.3) is 0 Å². The first-order chi connectivity index (χ1) is 10.6. The number of nitrogens with one attached hydrogen (secondary N) is 1. The maximum absolute atomic E-state index is 12.6. The number of benzene rings is 1. The van der Waals surface area contributed by atoms with E-state index in [9.17, 15) is 22.8 Å². The van der Waals surface area contributed by atoms with E-state index in [1.165, 1.54) is 19.1 Å². The molecule has 0 aliphatic heterocycles. The molecule has 1 aromatic rings. The lowest BCUT2D eigenvalue weighted by Crippen LogP contribution is -2.45. The number of nitrogens with zero attached hydrogens (tertiary/aromatic N) is 1. The van der Waals surface area contributed by atoms with Crippen LogP contribution in [0.5, 0.6) is 0 Å². The Hall–Kier alpha value is -2.56. The molecule has 0 bridgehead atoms. The number of aliphatic carboxylic acids is 1. The Morgan fingerprint density at radius 2 is 2.04 bits per heavy atom. The smallest absolute Gasteiger partial charge is 0.416 e. The zero-order valence-electron chi connectivity index (χ0n) is 12.2. The van der Waals surface area contributed by atoms with Gasteiger partial charge in [0.25, 0.3) is 0 Å². The van der Waals surface area contributed by atoms with Gasteiger partial charge in [-0.3, -0.25) is 4.79 Å². The van der Waals surface area contributed by atoms with Gasteiger partial charge in [-0.1, -0.05) is 25.1 Å². The molecule has 0 unspecified atom stereocenters. The lowest BCUT2D eigenvalue weighted by atomic mass is 9.98. The summed E-state index contributed by atoms with van der Waals surface area (Å²) < 4.78 is 37.8. The summed E-state index contributed by atoms with van der Waals surface area (Å²) in [6, 6.07) is 4.80. The largest absolute Gasteiger partial charge is 0.480 e. The Bertz CT molecular complexity index is 623. The summed E-state index contributed by atoms with van der Waals surface area (Å²) >= 11 is 0. The van der Waals surface area contributed by atoms with Crippen molar-refractivity contribution in [3.63, 3.8) is 0 Å². The Morgan fingerprint density at radius 1 is 1.39 bits per heavy atom. The van der Waals surface area contributed by atoms with E-state index in [0.29, 0.717) is 0 Å². The van der Waals surface area contributed by atoms with Gasteiger partial charge in [-0.15, -0.1) is 0 Å². The van der Waals surface area contributed by atoms with Gasteiger partial charge in [0, 0.05) is 12.3 Å². The molecule has 2 N–H and O–H groups in total. The molecule has 0 saturated heterocycles. The molecule has 0 heterocycles. The summed E-state index contributed by atoms with van der Waals surface area (Å²) in [6.07, 6.45) is -4.97. The van der Waals surface area contributed by atoms with Gasteiger partial charge in [-0.25, -0.2) is 4.79 Å². The molecule has 0 spiro atoms. The molecule has 0 aliphatic rings. The standard InChI is InChI=1S/C15H15F3N2O3/c1-9(5-6-19)13(14(22)23)20-12(21)8-10-3-2-4-11(7-10)15(16,17)18/h2-4,7,9,13H,5,8H2,1H3,(H,20,21)(H,22,23)/t9-,13-/m1/s1. The van der Waals surface area contributed by atoms with Crippen LogP contribution >= 0.6 is 0 Å². The molecule has 23 heavy (non-hydrogen) atoms. The highest BCUT2D eigenvalue weighted by atomic mass is 19.4. The predicted octanol–water partition coefficient (Wildman–Crippen LogP) is 2.37. The van der Waals surface area contributed by atoms with Crippen molar-refractivity contribution in [2.45, 2.75) is 32.0 Å². The Kier molecular flexibility index (Phi) is 6.13. The van der Waals surface area contributed by atoms with Gasteiger partial charge in [0.1, 0.15) is 6.04 Å². The van der Waals surface area contributed by atoms with Crippen LogP contribution in [0.2, 0.25) is 0 Å². The summed E-state index contributed by atoms with van der Waals surface area (Å²) in [4.78, 5) is 23.0. The van der Waals surface area contributed by atoms with Crippen molar-refractivity contribution in [1.29, 1.82) is 5.26 Å². The van der Waals surface area contributed by atoms with Crippen LogP contribution < -0.4 is 5.32 Å². The van der Waals surface area contributed by atoms with Gasteiger partial charge in [0.15, 0.2) is 0 Å². The molecule has 0 fully saturated rings. The molecule has 1 rings (SSSR count). The lowest BCUT2D eigenvalue weighted by Gasteiger charge is -2.19. The second-order valence-corrected chi connectivity index (χ2v) is 5.10. The molecule has 5 nitrogen and oxygen atoms in total. The summed E-state index contributed by atoms with van der Waals surface area (Å²) in [5, 5.41) is 19.9. The Balaban J connectivity index is 2.79. The summed E-state index contributed by atoms with van der Waals surface area (Å²) in [5.74, 6) is -2.64. The molecule has 0 aliphatic carbocycles. The number of carboxylic acids is 1. The fourth-order valence-corrected chi connectivity index (χ4v) is 1.98.